The highest BCUT2D eigenvalue weighted by molar-refractivity contribution is 7.13. The standard InChI is InChI=1S/C6H5N3OS/c7-2-1-5(10)9-6-8-3-4-11-6/h3-4H,1H2,(H,8,9,10). The summed E-state index contributed by atoms with van der Waals surface area (Å²) in [6.45, 7) is 0. The second kappa shape index (κ2) is 3.68. The number of aromatic nitrogens is 1. The van der Waals surface area contributed by atoms with Crippen molar-refractivity contribution in [3.63, 3.8) is 0 Å². The minimum absolute atomic E-state index is 0.125. The molecule has 0 unspecified atom stereocenters. The third-order valence-corrected chi connectivity index (χ3v) is 1.61. The highest BCUT2D eigenvalue weighted by atomic mass is 32.1. The highest BCUT2D eigenvalue weighted by Gasteiger charge is 2.01. The number of hydrogen-bond donors (Lipinski definition) is 1. The van der Waals surface area contributed by atoms with Gasteiger partial charge in [0.1, 0.15) is 6.42 Å². The number of thiazole rings is 1. The van der Waals surface area contributed by atoms with Gasteiger partial charge in [-0.05, 0) is 0 Å². The van der Waals surface area contributed by atoms with E-state index in [1.807, 2.05) is 0 Å². The van der Waals surface area contributed by atoms with Crippen LogP contribution in [0.25, 0.3) is 0 Å². The predicted octanol–water partition coefficient (Wildman–Crippen LogP) is 0.995. The zero-order valence-electron chi connectivity index (χ0n) is 5.57. The number of amides is 1. The Morgan fingerprint density at radius 2 is 2.73 bits per heavy atom. The summed E-state index contributed by atoms with van der Waals surface area (Å²) in [4.78, 5) is 14.6. The van der Waals surface area contributed by atoms with Crippen LogP contribution in [0.2, 0.25) is 0 Å². The molecule has 1 aromatic heterocycles. The number of anilines is 1. The molecule has 5 heteroatoms. The van der Waals surface area contributed by atoms with Gasteiger partial charge in [-0.1, -0.05) is 0 Å². The van der Waals surface area contributed by atoms with E-state index in [0.29, 0.717) is 5.13 Å². The second-order valence-corrected chi connectivity index (χ2v) is 2.61. The van der Waals surface area contributed by atoms with E-state index in [9.17, 15) is 4.79 Å². The smallest absolute Gasteiger partial charge is 0.240 e. The molecule has 0 aliphatic heterocycles. The molecule has 4 nitrogen and oxygen atoms in total. The summed E-state index contributed by atoms with van der Waals surface area (Å²) in [5, 5.41) is 12.9. The molecule has 0 saturated heterocycles. The van der Waals surface area contributed by atoms with Crippen molar-refractivity contribution in [1.29, 1.82) is 5.26 Å². The quantitative estimate of drug-likeness (QED) is 0.714. The van der Waals surface area contributed by atoms with E-state index >= 15 is 0 Å². The summed E-state index contributed by atoms with van der Waals surface area (Å²) in [5.41, 5.74) is 0. The second-order valence-electron chi connectivity index (χ2n) is 1.72. The zero-order valence-corrected chi connectivity index (χ0v) is 6.39. The van der Waals surface area contributed by atoms with Gasteiger partial charge in [0.2, 0.25) is 5.91 Å². The van der Waals surface area contributed by atoms with Crippen molar-refractivity contribution in [2.75, 3.05) is 5.32 Å². The van der Waals surface area contributed by atoms with E-state index in [1.165, 1.54) is 11.3 Å². The highest BCUT2D eigenvalue weighted by Crippen LogP contribution is 2.09. The first-order chi connectivity index (χ1) is 5.33. The molecule has 0 bridgehead atoms. The van der Waals surface area contributed by atoms with Crippen molar-refractivity contribution in [1.82, 2.24) is 4.98 Å². The Hall–Kier alpha value is -1.41. The normalized spacial score (nSPS) is 8.64. The van der Waals surface area contributed by atoms with E-state index < -0.39 is 0 Å². The van der Waals surface area contributed by atoms with Crippen LogP contribution in [0.1, 0.15) is 6.42 Å². The van der Waals surface area contributed by atoms with Gasteiger partial charge in [0.05, 0.1) is 6.07 Å². The first-order valence-electron chi connectivity index (χ1n) is 2.89. The summed E-state index contributed by atoms with van der Waals surface area (Å²) in [7, 11) is 0. The SMILES string of the molecule is N#CCC(=O)Nc1nccs1. The number of nitriles is 1. The van der Waals surface area contributed by atoms with Gasteiger partial charge < -0.3 is 5.32 Å². The van der Waals surface area contributed by atoms with Crippen LogP contribution in [-0.2, 0) is 4.79 Å². The van der Waals surface area contributed by atoms with Crippen molar-refractivity contribution < 1.29 is 4.79 Å². The maximum Gasteiger partial charge on any atom is 0.240 e. The van der Waals surface area contributed by atoms with Gasteiger partial charge in [-0.3, -0.25) is 4.79 Å². The Balaban J connectivity index is 2.45. The number of nitrogens with one attached hydrogen (secondary N) is 1. The van der Waals surface area contributed by atoms with Gasteiger partial charge in [-0.15, -0.1) is 11.3 Å². The number of carbonyl (C=O) groups excluding carboxylic acids is 1. The molecule has 1 rings (SSSR count). The van der Waals surface area contributed by atoms with Crippen LogP contribution in [0.5, 0.6) is 0 Å². The lowest BCUT2D eigenvalue weighted by molar-refractivity contribution is -0.115. The molecule has 0 fully saturated rings. The molecule has 0 radical (unpaired) electrons. The minimum Gasteiger partial charge on any atom is -0.301 e. The molecule has 1 amide bonds. The lowest BCUT2D eigenvalue weighted by atomic mass is 10.4. The van der Waals surface area contributed by atoms with Gasteiger partial charge in [-0.25, -0.2) is 4.98 Å². The molecular weight excluding hydrogens is 162 g/mol. The summed E-state index contributed by atoms with van der Waals surface area (Å²) < 4.78 is 0. The molecule has 0 atom stereocenters. The van der Waals surface area contributed by atoms with Crippen LogP contribution in [0, 0.1) is 11.3 Å². The van der Waals surface area contributed by atoms with Crippen LogP contribution in [-0.4, -0.2) is 10.9 Å². The molecule has 1 aromatic rings. The largest absolute Gasteiger partial charge is 0.301 e. The minimum atomic E-state index is -0.317. The first kappa shape index (κ1) is 7.69. The average Bonchev–Trinajstić information content (AvgIpc) is 2.40. The summed E-state index contributed by atoms with van der Waals surface area (Å²) >= 11 is 1.32. The molecular formula is C6H5N3OS. The third kappa shape index (κ3) is 2.35. The Morgan fingerprint density at radius 3 is 3.27 bits per heavy atom. The van der Waals surface area contributed by atoms with E-state index in [0.717, 1.165) is 0 Å². The number of hydrogen-bond acceptors (Lipinski definition) is 4. The maximum absolute atomic E-state index is 10.7. The zero-order chi connectivity index (χ0) is 8.10. The molecule has 0 spiro atoms. The van der Waals surface area contributed by atoms with Crippen molar-refractivity contribution in [2.45, 2.75) is 6.42 Å². The fourth-order valence-corrected chi connectivity index (χ4v) is 1.07. The van der Waals surface area contributed by atoms with Gasteiger partial charge in [0, 0.05) is 11.6 Å². The molecule has 11 heavy (non-hydrogen) atoms. The van der Waals surface area contributed by atoms with E-state index in [2.05, 4.69) is 10.3 Å². The number of carbonyl (C=O) groups is 1. The Bertz CT molecular complexity index is 275. The lowest BCUT2D eigenvalue weighted by Crippen LogP contribution is -2.09. The molecule has 0 aliphatic rings. The lowest BCUT2D eigenvalue weighted by Gasteiger charge is -1.93. The Morgan fingerprint density at radius 1 is 1.91 bits per heavy atom. The molecule has 56 valence electrons. The van der Waals surface area contributed by atoms with Crippen LogP contribution in [0.3, 0.4) is 0 Å². The summed E-state index contributed by atoms with van der Waals surface area (Å²) in [5.74, 6) is -0.317. The molecule has 0 aromatic carbocycles. The van der Waals surface area contributed by atoms with Crippen molar-refractivity contribution in [3.05, 3.63) is 11.6 Å². The van der Waals surface area contributed by atoms with Gasteiger partial charge >= 0.3 is 0 Å². The molecule has 0 aliphatic carbocycles. The van der Waals surface area contributed by atoms with E-state index in [4.69, 9.17) is 5.26 Å². The Labute approximate surface area is 67.5 Å². The summed E-state index contributed by atoms with van der Waals surface area (Å²) in [6, 6.07) is 1.74. The van der Waals surface area contributed by atoms with Crippen LogP contribution in [0.15, 0.2) is 11.6 Å². The molecule has 1 heterocycles. The molecule has 1 N–H and O–H groups in total. The average molecular weight is 167 g/mol. The first-order valence-corrected chi connectivity index (χ1v) is 3.77. The Kier molecular flexibility index (Phi) is 2.58. The van der Waals surface area contributed by atoms with Crippen LogP contribution >= 0.6 is 11.3 Å². The van der Waals surface area contributed by atoms with E-state index in [-0.39, 0.29) is 12.3 Å². The van der Waals surface area contributed by atoms with Crippen molar-refractivity contribution in [3.8, 4) is 6.07 Å². The predicted molar refractivity (Wildman–Crippen MR) is 41.0 cm³/mol. The van der Waals surface area contributed by atoms with E-state index in [1.54, 1.807) is 17.6 Å². The fraction of sp³-hybridized carbons (Fsp3) is 0.167. The van der Waals surface area contributed by atoms with Gasteiger partial charge in [0.25, 0.3) is 0 Å². The number of rotatable bonds is 2. The van der Waals surface area contributed by atoms with Crippen molar-refractivity contribution in [2.24, 2.45) is 0 Å². The van der Waals surface area contributed by atoms with Crippen LogP contribution < -0.4 is 5.32 Å². The monoisotopic (exact) mass is 167 g/mol. The summed E-state index contributed by atoms with van der Waals surface area (Å²) in [6.07, 6.45) is 1.46. The topological polar surface area (TPSA) is 65.8 Å². The van der Waals surface area contributed by atoms with Crippen LogP contribution in [0.4, 0.5) is 5.13 Å². The van der Waals surface area contributed by atoms with Crippen molar-refractivity contribution >= 4 is 22.4 Å². The third-order valence-electron chi connectivity index (χ3n) is 0.918. The fourth-order valence-electron chi connectivity index (χ4n) is 0.520. The maximum atomic E-state index is 10.7. The van der Waals surface area contributed by atoms with Gasteiger partial charge in [0.15, 0.2) is 5.13 Å². The molecule has 0 saturated carbocycles. The van der Waals surface area contributed by atoms with Gasteiger partial charge in [-0.2, -0.15) is 5.26 Å². The number of nitrogens with zero attached hydrogens (tertiary/aromatic N) is 2.